The van der Waals surface area contributed by atoms with E-state index < -0.39 is 0 Å². The third-order valence-corrected chi connectivity index (χ3v) is 3.07. The first kappa shape index (κ1) is 14.8. The van der Waals surface area contributed by atoms with Gasteiger partial charge in [0.05, 0.1) is 5.56 Å². The zero-order chi connectivity index (χ0) is 14.7. The van der Waals surface area contributed by atoms with Gasteiger partial charge >= 0.3 is 0 Å². The first-order valence-electron chi connectivity index (χ1n) is 6.47. The molecule has 0 saturated heterocycles. The Bertz CT molecular complexity index is 584. The molecule has 6 heteroatoms. The summed E-state index contributed by atoms with van der Waals surface area (Å²) in [6.07, 6.45) is -0.237. The summed E-state index contributed by atoms with van der Waals surface area (Å²) >= 11 is 5.91. The Balaban J connectivity index is 2.34. The van der Waals surface area contributed by atoms with E-state index in [1.165, 1.54) is 6.07 Å². The highest BCUT2D eigenvalue weighted by Crippen LogP contribution is 2.32. The summed E-state index contributed by atoms with van der Waals surface area (Å²) in [6.45, 7) is 6.52. The van der Waals surface area contributed by atoms with Crippen LogP contribution in [0, 0.1) is 5.92 Å². The third-order valence-electron chi connectivity index (χ3n) is 2.84. The molecule has 5 nitrogen and oxygen atoms in total. The van der Waals surface area contributed by atoms with Crippen molar-refractivity contribution in [2.45, 2.75) is 26.9 Å². The molecule has 1 atom stereocenters. The predicted octanol–water partition coefficient (Wildman–Crippen LogP) is 3.83. The Kier molecular flexibility index (Phi) is 4.62. The van der Waals surface area contributed by atoms with Crippen LogP contribution in [-0.2, 0) is 4.74 Å². The van der Waals surface area contributed by atoms with E-state index in [-0.39, 0.29) is 23.7 Å². The standard InChI is InChI=1S/C14H17ClN2O3/c1-4-19-12(8(2)3)13-16-14(20-17-13)10-7-9(15)5-6-11(10)18/h5-8,12,18H,4H2,1-3H3. The zero-order valence-corrected chi connectivity index (χ0v) is 12.4. The number of hydrogen-bond acceptors (Lipinski definition) is 5. The van der Waals surface area contributed by atoms with Crippen LogP contribution in [-0.4, -0.2) is 21.9 Å². The van der Waals surface area contributed by atoms with Crippen LogP contribution < -0.4 is 0 Å². The summed E-state index contributed by atoms with van der Waals surface area (Å²) in [6, 6.07) is 4.66. The van der Waals surface area contributed by atoms with Gasteiger partial charge in [-0.2, -0.15) is 4.98 Å². The van der Waals surface area contributed by atoms with Gasteiger partial charge in [-0.25, -0.2) is 0 Å². The zero-order valence-electron chi connectivity index (χ0n) is 11.6. The van der Waals surface area contributed by atoms with Crippen molar-refractivity contribution in [1.82, 2.24) is 10.1 Å². The molecule has 0 saturated carbocycles. The van der Waals surface area contributed by atoms with Crippen molar-refractivity contribution in [3.05, 3.63) is 29.0 Å². The molecule has 1 N–H and O–H groups in total. The molecule has 0 bridgehead atoms. The highest BCUT2D eigenvalue weighted by molar-refractivity contribution is 6.30. The van der Waals surface area contributed by atoms with E-state index in [9.17, 15) is 5.11 Å². The first-order valence-corrected chi connectivity index (χ1v) is 6.84. The summed E-state index contributed by atoms with van der Waals surface area (Å²) in [7, 11) is 0. The molecule has 108 valence electrons. The van der Waals surface area contributed by atoms with Crippen LogP contribution >= 0.6 is 11.6 Å². The van der Waals surface area contributed by atoms with E-state index in [1.807, 2.05) is 20.8 Å². The monoisotopic (exact) mass is 296 g/mol. The Morgan fingerprint density at radius 2 is 2.15 bits per heavy atom. The van der Waals surface area contributed by atoms with Crippen LogP contribution in [0.25, 0.3) is 11.5 Å². The average molecular weight is 297 g/mol. The summed E-state index contributed by atoms with van der Waals surface area (Å²) in [5.41, 5.74) is 0.412. The second-order valence-electron chi connectivity index (χ2n) is 4.74. The lowest BCUT2D eigenvalue weighted by Gasteiger charge is -2.16. The molecule has 1 aromatic heterocycles. The summed E-state index contributed by atoms with van der Waals surface area (Å²) in [5, 5.41) is 14.3. The molecule has 0 aliphatic rings. The second-order valence-corrected chi connectivity index (χ2v) is 5.18. The smallest absolute Gasteiger partial charge is 0.261 e. The number of phenolic OH excluding ortho intramolecular Hbond substituents is 1. The summed E-state index contributed by atoms with van der Waals surface area (Å²) < 4.78 is 10.8. The average Bonchev–Trinajstić information content (AvgIpc) is 2.87. The van der Waals surface area contributed by atoms with Gasteiger partial charge in [-0.3, -0.25) is 0 Å². The molecule has 0 aliphatic carbocycles. The van der Waals surface area contributed by atoms with Crippen molar-refractivity contribution < 1.29 is 14.4 Å². The van der Waals surface area contributed by atoms with E-state index in [0.29, 0.717) is 23.0 Å². The second kappa shape index (κ2) is 6.24. The van der Waals surface area contributed by atoms with Crippen LogP contribution in [0.15, 0.2) is 22.7 Å². The van der Waals surface area contributed by atoms with Gasteiger partial charge in [0.25, 0.3) is 5.89 Å². The number of hydrogen-bond donors (Lipinski definition) is 1. The molecular formula is C14H17ClN2O3. The van der Waals surface area contributed by atoms with Gasteiger partial charge in [0.1, 0.15) is 11.9 Å². The van der Waals surface area contributed by atoms with Gasteiger partial charge in [-0.1, -0.05) is 30.6 Å². The van der Waals surface area contributed by atoms with Crippen LogP contribution in [0.3, 0.4) is 0 Å². The molecule has 2 aromatic rings. The van der Waals surface area contributed by atoms with E-state index in [4.69, 9.17) is 20.9 Å². The minimum Gasteiger partial charge on any atom is -0.507 e. The number of aromatic nitrogens is 2. The molecule has 20 heavy (non-hydrogen) atoms. The maximum absolute atomic E-state index is 9.83. The van der Waals surface area contributed by atoms with Gasteiger partial charge in [-0.15, -0.1) is 0 Å². The molecule has 0 amide bonds. The van der Waals surface area contributed by atoms with Gasteiger partial charge in [-0.05, 0) is 31.0 Å². The van der Waals surface area contributed by atoms with Crippen molar-refractivity contribution in [2.24, 2.45) is 5.92 Å². The molecule has 0 fully saturated rings. The van der Waals surface area contributed by atoms with E-state index in [1.54, 1.807) is 12.1 Å². The maximum Gasteiger partial charge on any atom is 0.261 e. The number of benzene rings is 1. The van der Waals surface area contributed by atoms with E-state index in [0.717, 1.165) is 0 Å². The Labute approximate surface area is 122 Å². The minimum absolute atomic E-state index is 0.0436. The SMILES string of the molecule is CCOC(c1noc(-c2cc(Cl)ccc2O)n1)C(C)C. The highest BCUT2D eigenvalue weighted by Gasteiger charge is 2.23. The number of rotatable bonds is 5. The van der Waals surface area contributed by atoms with E-state index in [2.05, 4.69) is 10.1 Å². The molecule has 0 aliphatic heterocycles. The van der Waals surface area contributed by atoms with Crippen LogP contribution in [0.4, 0.5) is 0 Å². The Morgan fingerprint density at radius 1 is 1.40 bits per heavy atom. The molecule has 0 radical (unpaired) electrons. The van der Waals surface area contributed by atoms with Gasteiger partial charge in [0, 0.05) is 11.6 Å². The van der Waals surface area contributed by atoms with Crippen molar-refractivity contribution in [1.29, 1.82) is 0 Å². The molecule has 1 aromatic carbocycles. The lowest BCUT2D eigenvalue weighted by Crippen LogP contribution is -2.12. The highest BCUT2D eigenvalue weighted by atomic mass is 35.5. The number of aromatic hydroxyl groups is 1. The normalized spacial score (nSPS) is 12.8. The van der Waals surface area contributed by atoms with Crippen molar-refractivity contribution in [3.8, 4) is 17.2 Å². The molecule has 1 heterocycles. The number of phenols is 1. The van der Waals surface area contributed by atoms with Crippen molar-refractivity contribution >= 4 is 11.6 Å². The topological polar surface area (TPSA) is 68.4 Å². The van der Waals surface area contributed by atoms with Crippen LogP contribution in [0.5, 0.6) is 5.75 Å². The lowest BCUT2D eigenvalue weighted by molar-refractivity contribution is 0.0217. The quantitative estimate of drug-likeness (QED) is 0.908. The first-order chi connectivity index (χ1) is 9.52. The molecule has 0 spiro atoms. The summed E-state index contributed by atoms with van der Waals surface area (Å²) in [4.78, 5) is 4.30. The fourth-order valence-corrected chi connectivity index (χ4v) is 2.06. The van der Waals surface area contributed by atoms with Crippen LogP contribution in [0.2, 0.25) is 5.02 Å². The molecule has 2 rings (SSSR count). The van der Waals surface area contributed by atoms with Crippen molar-refractivity contribution in [2.75, 3.05) is 6.61 Å². The van der Waals surface area contributed by atoms with E-state index >= 15 is 0 Å². The number of ether oxygens (including phenoxy) is 1. The largest absolute Gasteiger partial charge is 0.507 e. The van der Waals surface area contributed by atoms with Crippen LogP contribution in [0.1, 0.15) is 32.7 Å². The Hall–Kier alpha value is -1.59. The van der Waals surface area contributed by atoms with Crippen molar-refractivity contribution in [3.63, 3.8) is 0 Å². The minimum atomic E-state index is -0.237. The van der Waals surface area contributed by atoms with Gasteiger partial charge in [0.2, 0.25) is 5.82 Å². The third kappa shape index (κ3) is 3.11. The van der Waals surface area contributed by atoms with Gasteiger partial charge < -0.3 is 14.4 Å². The fourth-order valence-electron chi connectivity index (χ4n) is 1.88. The number of nitrogens with zero attached hydrogens (tertiary/aromatic N) is 2. The Morgan fingerprint density at radius 3 is 2.80 bits per heavy atom. The van der Waals surface area contributed by atoms with Gasteiger partial charge in [0.15, 0.2) is 0 Å². The number of halogens is 1. The fraction of sp³-hybridized carbons (Fsp3) is 0.429. The lowest BCUT2D eigenvalue weighted by atomic mass is 10.1. The molecule has 1 unspecified atom stereocenters. The molecular weight excluding hydrogens is 280 g/mol. The maximum atomic E-state index is 9.83. The summed E-state index contributed by atoms with van der Waals surface area (Å²) in [5.74, 6) is 0.956. The predicted molar refractivity (Wildman–Crippen MR) is 75.6 cm³/mol.